The number of rotatable bonds is 19. The third kappa shape index (κ3) is 12.3. The van der Waals surface area contributed by atoms with E-state index in [0.717, 1.165) is 0 Å². The molecule has 0 aromatic carbocycles. The summed E-state index contributed by atoms with van der Waals surface area (Å²) in [6.45, 7) is 0.320. The molecule has 0 aliphatic heterocycles. The number of nitrogens with one attached hydrogen (secondary N) is 4. The Morgan fingerprint density at radius 1 is 0.868 bits per heavy atom. The lowest BCUT2D eigenvalue weighted by Crippen LogP contribution is -2.57. The lowest BCUT2D eigenvalue weighted by atomic mass is 10.0. The number of hydrogen-bond donors (Lipinski definition) is 9. The standard InChI is InChI=1S/C22H36N8O8/c23-8-2-1-3-14(20(35)30-16(22(37)38)9-12-10-26-11-27-12)29-21(36)15(5-7-18(32)33)28-19(34)13(24)4-6-17(25)31/h10-11,13-16H,1-9,23-24H2,(H2,25,31)(H,26,27)(H,28,34)(H,29,36)(H,30,35)(H,32,33)(H,37,38). The molecule has 1 heterocycles. The van der Waals surface area contributed by atoms with E-state index in [-0.39, 0.29) is 32.1 Å². The van der Waals surface area contributed by atoms with Crippen molar-refractivity contribution in [2.75, 3.05) is 6.54 Å². The van der Waals surface area contributed by atoms with Gasteiger partial charge in [0.2, 0.25) is 23.6 Å². The molecule has 4 unspecified atom stereocenters. The number of unbranched alkanes of at least 4 members (excludes halogenated alkanes) is 1. The average Bonchev–Trinajstić information content (AvgIpc) is 3.36. The molecule has 0 saturated carbocycles. The number of nitrogens with two attached hydrogens (primary N) is 3. The van der Waals surface area contributed by atoms with Crippen molar-refractivity contribution < 1.29 is 39.0 Å². The molecule has 16 nitrogen and oxygen atoms in total. The summed E-state index contributed by atoms with van der Waals surface area (Å²) < 4.78 is 0. The van der Waals surface area contributed by atoms with E-state index in [1.807, 2.05) is 0 Å². The SMILES string of the molecule is NCCCCC(NC(=O)C(CCC(=O)O)NC(=O)C(N)CCC(N)=O)C(=O)NC(Cc1cnc[nH]1)C(=O)O. The highest BCUT2D eigenvalue weighted by Crippen LogP contribution is 2.07. The van der Waals surface area contributed by atoms with Gasteiger partial charge in [-0.1, -0.05) is 0 Å². The first kappa shape index (κ1) is 32.0. The van der Waals surface area contributed by atoms with Crippen molar-refractivity contribution in [1.82, 2.24) is 25.9 Å². The summed E-state index contributed by atoms with van der Waals surface area (Å²) >= 11 is 0. The minimum atomic E-state index is -1.37. The molecule has 0 aliphatic rings. The average molecular weight is 541 g/mol. The van der Waals surface area contributed by atoms with Crippen molar-refractivity contribution in [3.63, 3.8) is 0 Å². The van der Waals surface area contributed by atoms with Gasteiger partial charge in [-0.3, -0.25) is 24.0 Å². The van der Waals surface area contributed by atoms with E-state index < -0.39 is 66.2 Å². The minimum Gasteiger partial charge on any atom is -0.481 e. The fraction of sp³-hybridized carbons (Fsp3) is 0.591. The van der Waals surface area contributed by atoms with Crippen molar-refractivity contribution in [3.05, 3.63) is 18.2 Å². The molecule has 12 N–H and O–H groups in total. The molecule has 0 fully saturated rings. The van der Waals surface area contributed by atoms with E-state index in [0.29, 0.717) is 25.1 Å². The number of carbonyl (C=O) groups is 6. The summed E-state index contributed by atoms with van der Waals surface area (Å²) in [5.74, 6) is -5.68. The number of H-pyrrole nitrogens is 1. The van der Waals surface area contributed by atoms with Crippen LogP contribution >= 0.6 is 0 Å². The molecule has 4 amide bonds. The Balaban J connectivity index is 3.00. The summed E-state index contributed by atoms with van der Waals surface area (Å²) in [7, 11) is 0. The van der Waals surface area contributed by atoms with Crippen LogP contribution in [-0.2, 0) is 35.2 Å². The number of aliphatic carboxylic acids is 2. The molecular weight excluding hydrogens is 504 g/mol. The smallest absolute Gasteiger partial charge is 0.326 e. The largest absolute Gasteiger partial charge is 0.481 e. The molecule has 1 rings (SSSR count). The third-order valence-corrected chi connectivity index (χ3v) is 5.49. The number of hydrogen-bond acceptors (Lipinski definition) is 9. The Bertz CT molecular complexity index is 955. The monoisotopic (exact) mass is 540 g/mol. The van der Waals surface area contributed by atoms with Crippen LogP contribution in [-0.4, -0.2) is 86.5 Å². The lowest BCUT2D eigenvalue weighted by molar-refractivity contribution is -0.142. The second-order valence-corrected chi connectivity index (χ2v) is 8.63. The Labute approximate surface area is 218 Å². The zero-order valence-electron chi connectivity index (χ0n) is 20.9. The first-order valence-electron chi connectivity index (χ1n) is 12.0. The maximum absolute atomic E-state index is 13.0. The summed E-state index contributed by atoms with van der Waals surface area (Å²) in [6, 6.07) is -5.10. The predicted molar refractivity (Wildman–Crippen MR) is 132 cm³/mol. The van der Waals surface area contributed by atoms with Gasteiger partial charge in [0.25, 0.3) is 0 Å². The van der Waals surface area contributed by atoms with Gasteiger partial charge in [0.1, 0.15) is 18.1 Å². The van der Waals surface area contributed by atoms with Crippen molar-refractivity contribution in [2.24, 2.45) is 17.2 Å². The fourth-order valence-electron chi connectivity index (χ4n) is 3.37. The van der Waals surface area contributed by atoms with Gasteiger partial charge in [0, 0.05) is 31.2 Å². The molecule has 1 aromatic heterocycles. The normalized spacial score (nSPS) is 13.9. The summed E-state index contributed by atoms with van der Waals surface area (Å²) in [4.78, 5) is 78.8. The summed E-state index contributed by atoms with van der Waals surface area (Å²) in [5, 5.41) is 25.8. The Hall–Kier alpha value is -4.05. The third-order valence-electron chi connectivity index (χ3n) is 5.49. The fourth-order valence-corrected chi connectivity index (χ4v) is 3.37. The van der Waals surface area contributed by atoms with Crippen LogP contribution in [0.25, 0.3) is 0 Å². The number of imidazole rings is 1. The van der Waals surface area contributed by atoms with Crippen LogP contribution in [0.3, 0.4) is 0 Å². The molecule has 16 heteroatoms. The topological polar surface area (TPSA) is 286 Å². The number of carboxylic acids is 2. The first-order chi connectivity index (χ1) is 17.9. The number of amides is 4. The van der Waals surface area contributed by atoms with Crippen molar-refractivity contribution in [2.45, 2.75) is 75.5 Å². The van der Waals surface area contributed by atoms with Crippen LogP contribution in [0, 0.1) is 0 Å². The second kappa shape index (κ2) is 16.6. The van der Waals surface area contributed by atoms with Gasteiger partial charge in [0.15, 0.2) is 0 Å². The van der Waals surface area contributed by atoms with Crippen LogP contribution in [0.4, 0.5) is 0 Å². The summed E-state index contributed by atoms with van der Waals surface area (Å²) in [6.07, 6.45) is 2.64. The summed E-state index contributed by atoms with van der Waals surface area (Å²) in [5.41, 5.74) is 16.8. The van der Waals surface area contributed by atoms with E-state index in [1.165, 1.54) is 12.5 Å². The maximum atomic E-state index is 13.0. The van der Waals surface area contributed by atoms with Gasteiger partial charge in [-0.15, -0.1) is 0 Å². The molecule has 1 aromatic rings. The number of aromatic amines is 1. The second-order valence-electron chi connectivity index (χ2n) is 8.63. The highest BCUT2D eigenvalue weighted by Gasteiger charge is 2.30. The van der Waals surface area contributed by atoms with Gasteiger partial charge in [-0.2, -0.15) is 0 Å². The van der Waals surface area contributed by atoms with Crippen LogP contribution in [0.1, 0.15) is 50.6 Å². The molecule has 38 heavy (non-hydrogen) atoms. The van der Waals surface area contributed by atoms with Gasteiger partial charge < -0.3 is 48.3 Å². The van der Waals surface area contributed by atoms with Crippen LogP contribution < -0.4 is 33.2 Å². The molecule has 0 radical (unpaired) electrons. The van der Waals surface area contributed by atoms with Crippen molar-refractivity contribution in [1.29, 1.82) is 0 Å². The van der Waals surface area contributed by atoms with Gasteiger partial charge in [-0.25, -0.2) is 9.78 Å². The van der Waals surface area contributed by atoms with E-state index in [1.54, 1.807) is 0 Å². The van der Waals surface area contributed by atoms with Crippen molar-refractivity contribution >= 4 is 35.6 Å². The van der Waals surface area contributed by atoms with Crippen LogP contribution in [0.2, 0.25) is 0 Å². The predicted octanol–water partition coefficient (Wildman–Crippen LogP) is -2.92. The molecule has 4 atom stereocenters. The van der Waals surface area contributed by atoms with Crippen molar-refractivity contribution in [3.8, 4) is 0 Å². The lowest BCUT2D eigenvalue weighted by Gasteiger charge is -2.25. The molecule has 212 valence electrons. The van der Waals surface area contributed by atoms with E-state index >= 15 is 0 Å². The minimum absolute atomic E-state index is 0.0918. The number of carboxylic acid groups (broad SMARTS) is 2. The Kier molecular flexibility index (Phi) is 14.0. The van der Waals surface area contributed by atoms with Gasteiger partial charge in [-0.05, 0) is 38.6 Å². The zero-order valence-corrected chi connectivity index (χ0v) is 20.9. The number of nitrogens with zero attached hydrogens (tertiary/aromatic N) is 1. The van der Waals surface area contributed by atoms with Gasteiger partial charge in [0.05, 0.1) is 12.4 Å². The highest BCUT2D eigenvalue weighted by molar-refractivity contribution is 5.94. The number of aromatic nitrogens is 2. The highest BCUT2D eigenvalue weighted by atomic mass is 16.4. The molecule has 0 bridgehead atoms. The van der Waals surface area contributed by atoms with E-state index in [4.69, 9.17) is 22.3 Å². The quantitative estimate of drug-likeness (QED) is 0.0801. The Morgan fingerprint density at radius 3 is 2.00 bits per heavy atom. The Morgan fingerprint density at radius 2 is 1.47 bits per heavy atom. The molecule has 0 spiro atoms. The van der Waals surface area contributed by atoms with E-state index in [2.05, 4.69) is 25.9 Å². The first-order valence-corrected chi connectivity index (χ1v) is 12.0. The molecule has 0 saturated heterocycles. The maximum Gasteiger partial charge on any atom is 0.326 e. The number of carbonyl (C=O) groups excluding carboxylic acids is 4. The zero-order chi connectivity index (χ0) is 28.7. The molecular formula is C22H36N8O8. The van der Waals surface area contributed by atoms with Crippen LogP contribution in [0.5, 0.6) is 0 Å². The molecule has 0 aliphatic carbocycles. The van der Waals surface area contributed by atoms with Crippen LogP contribution in [0.15, 0.2) is 12.5 Å². The number of primary amides is 1. The van der Waals surface area contributed by atoms with E-state index in [9.17, 15) is 33.9 Å². The van der Waals surface area contributed by atoms with Gasteiger partial charge >= 0.3 is 11.9 Å².